The molecule has 16 heavy (non-hydrogen) atoms. The zero-order valence-electron chi connectivity index (χ0n) is 11.2. The summed E-state index contributed by atoms with van der Waals surface area (Å²) in [7, 11) is 0. The zero-order chi connectivity index (χ0) is 11.9. The molecule has 0 unspecified atom stereocenters. The average molecular weight is 244 g/mol. The Morgan fingerprint density at radius 2 is 1.75 bits per heavy atom. The van der Waals surface area contributed by atoms with Gasteiger partial charge in [-0.25, -0.2) is 0 Å². The van der Waals surface area contributed by atoms with Gasteiger partial charge in [-0.3, -0.25) is 0 Å². The van der Waals surface area contributed by atoms with Gasteiger partial charge in [-0.1, -0.05) is 6.42 Å². The summed E-state index contributed by atoms with van der Waals surface area (Å²) in [6.07, 6.45) is 4.06. The summed E-state index contributed by atoms with van der Waals surface area (Å²) in [5, 5.41) is 3.54. The molecule has 0 aromatic heterocycles. The van der Waals surface area contributed by atoms with E-state index in [1.54, 1.807) is 0 Å². The molecular formula is C13H28N2S. The Balaban J connectivity index is 1.87. The molecule has 1 aliphatic heterocycles. The lowest BCUT2D eigenvalue weighted by molar-refractivity contribution is 0.293. The lowest BCUT2D eigenvalue weighted by Gasteiger charge is -2.26. The van der Waals surface area contributed by atoms with Crippen LogP contribution in [0.25, 0.3) is 0 Å². The third kappa shape index (κ3) is 7.53. The van der Waals surface area contributed by atoms with E-state index in [1.165, 1.54) is 56.9 Å². The van der Waals surface area contributed by atoms with Crippen LogP contribution in [0.5, 0.6) is 0 Å². The van der Waals surface area contributed by atoms with E-state index in [0.29, 0.717) is 0 Å². The quantitative estimate of drug-likeness (QED) is 0.723. The van der Waals surface area contributed by atoms with Crippen molar-refractivity contribution in [3.63, 3.8) is 0 Å². The third-order valence-corrected chi connectivity index (χ3v) is 3.85. The fourth-order valence-electron chi connectivity index (χ4n) is 1.93. The highest BCUT2D eigenvalue weighted by atomic mass is 32.2. The van der Waals surface area contributed by atoms with Crippen LogP contribution in [0.15, 0.2) is 0 Å². The summed E-state index contributed by atoms with van der Waals surface area (Å²) in [5.41, 5.74) is 0.282. The molecule has 1 heterocycles. The maximum atomic E-state index is 3.54. The molecule has 1 aliphatic rings. The SMILES string of the molecule is CC(C)(C)NCCCCCN1CCSCC1. The van der Waals surface area contributed by atoms with Gasteiger partial charge in [-0.05, 0) is 46.7 Å². The molecule has 3 heteroatoms. The monoisotopic (exact) mass is 244 g/mol. The summed E-state index contributed by atoms with van der Waals surface area (Å²) >= 11 is 2.10. The van der Waals surface area contributed by atoms with Gasteiger partial charge in [0.25, 0.3) is 0 Å². The molecule has 96 valence electrons. The number of nitrogens with one attached hydrogen (secondary N) is 1. The first kappa shape index (κ1) is 14.3. The Morgan fingerprint density at radius 3 is 2.38 bits per heavy atom. The van der Waals surface area contributed by atoms with Gasteiger partial charge in [0.1, 0.15) is 0 Å². The molecule has 0 atom stereocenters. The smallest absolute Gasteiger partial charge is 0.00965 e. The van der Waals surface area contributed by atoms with Crippen molar-refractivity contribution < 1.29 is 0 Å². The Bertz CT molecular complexity index is 171. The van der Waals surface area contributed by atoms with Crippen LogP contribution >= 0.6 is 11.8 Å². The molecule has 0 aromatic carbocycles. The minimum Gasteiger partial charge on any atom is -0.312 e. The van der Waals surface area contributed by atoms with Crippen LogP contribution in [0, 0.1) is 0 Å². The van der Waals surface area contributed by atoms with Gasteiger partial charge in [0.2, 0.25) is 0 Å². The van der Waals surface area contributed by atoms with Crippen LogP contribution in [0.2, 0.25) is 0 Å². The Hall–Kier alpha value is 0.270. The lowest BCUT2D eigenvalue weighted by Crippen LogP contribution is -2.36. The maximum absolute atomic E-state index is 3.54. The number of thioether (sulfide) groups is 1. The number of rotatable bonds is 6. The molecule has 0 amide bonds. The van der Waals surface area contributed by atoms with Crippen LogP contribution in [-0.2, 0) is 0 Å². The van der Waals surface area contributed by atoms with Gasteiger partial charge < -0.3 is 10.2 Å². The van der Waals surface area contributed by atoms with Crippen molar-refractivity contribution >= 4 is 11.8 Å². The maximum Gasteiger partial charge on any atom is 0.00965 e. The molecule has 0 bridgehead atoms. The standard InChI is InChI=1S/C13H28N2S/c1-13(2,3)14-7-5-4-6-8-15-9-11-16-12-10-15/h14H,4-12H2,1-3H3. The minimum atomic E-state index is 0.282. The van der Waals surface area contributed by atoms with Crippen molar-refractivity contribution in [2.75, 3.05) is 37.7 Å². The van der Waals surface area contributed by atoms with Crippen molar-refractivity contribution in [2.45, 2.75) is 45.6 Å². The van der Waals surface area contributed by atoms with E-state index in [2.05, 4.69) is 42.7 Å². The fourth-order valence-corrected chi connectivity index (χ4v) is 2.90. The normalized spacial score (nSPS) is 18.9. The highest BCUT2D eigenvalue weighted by molar-refractivity contribution is 7.99. The summed E-state index contributed by atoms with van der Waals surface area (Å²) in [6, 6.07) is 0. The van der Waals surface area contributed by atoms with Gasteiger partial charge in [-0.15, -0.1) is 0 Å². The van der Waals surface area contributed by atoms with Gasteiger partial charge in [0.05, 0.1) is 0 Å². The Kier molecular flexibility index (Phi) is 6.78. The van der Waals surface area contributed by atoms with Crippen LogP contribution in [0.3, 0.4) is 0 Å². The summed E-state index contributed by atoms with van der Waals surface area (Å²) in [6.45, 7) is 11.8. The third-order valence-electron chi connectivity index (χ3n) is 2.91. The summed E-state index contributed by atoms with van der Waals surface area (Å²) in [4.78, 5) is 2.62. The first-order valence-corrected chi connectivity index (χ1v) is 7.78. The van der Waals surface area contributed by atoms with E-state index in [4.69, 9.17) is 0 Å². The number of nitrogens with zero attached hydrogens (tertiary/aromatic N) is 1. The highest BCUT2D eigenvalue weighted by Gasteiger charge is 2.09. The van der Waals surface area contributed by atoms with E-state index in [9.17, 15) is 0 Å². The van der Waals surface area contributed by atoms with Crippen LogP contribution in [0.4, 0.5) is 0 Å². The van der Waals surface area contributed by atoms with Gasteiger partial charge in [0, 0.05) is 30.1 Å². The van der Waals surface area contributed by atoms with Crippen molar-refractivity contribution in [3.05, 3.63) is 0 Å². The first-order valence-electron chi connectivity index (χ1n) is 6.63. The second-order valence-electron chi connectivity index (χ2n) is 5.69. The molecule has 0 aliphatic carbocycles. The summed E-state index contributed by atoms with van der Waals surface area (Å²) in [5.74, 6) is 2.68. The van der Waals surface area contributed by atoms with E-state index in [-0.39, 0.29) is 5.54 Å². The molecule has 1 saturated heterocycles. The number of unbranched alkanes of at least 4 members (excludes halogenated alkanes) is 2. The predicted octanol–water partition coefficient (Wildman–Crippen LogP) is 2.59. The van der Waals surface area contributed by atoms with Gasteiger partial charge in [-0.2, -0.15) is 11.8 Å². The van der Waals surface area contributed by atoms with E-state index >= 15 is 0 Å². The van der Waals surface area contributed by atoms with Crippen LogP contribution < -0.4 is 5.32 Å². The molecule has 0 saturated carbocycles. The minimum absolute atomic E-state index is 0.282. The first-order chi connectivity index (χ1) is 7.58. The predicted molar refractivity (Wildman–Crippen MR) is 75.4 cm³/mol. The fraction of sp³-hybridized carbons (Fsp3) is 1.00. The Labute approximate surface area is 106 Å². The molecule has 0 spiro atoms. The summed E-state index contributed by atoms with van der Waals surface area (Å²) < 4.78 is 0. The van der Waals surface area contributed by atoms with Gasteiger partial charge in [0.15, 0.2) is 0 Å². The van der Waals surface area contributed by atoms with Crippen molar-refractivity contribution in [1.29, 1.82) is 0 Å². The molecule has 1 fully saturated rings. The van der Waals surface area contributed by atoms with Crippen LogP contribution in [0.1, 0.15) is 40.0 Å². The van der Waals surface area contributed by atoms with E-state index < -0.39 is 0 Å². The number of hydrogen-bond donors (Lipinski definition) is 1. The molecule has 0 aromatic rings. The van der Waals surface area contributed by atoms with E-state index in [1.807, 2.05) is 0 Å². The Morgan fingerprint density at radius 1 is 1.06 bits per heavy atom. The second-order valence-corrected chi connectivity index (χ2v) is 6.92. The van der Waals surface area contributed by atoms with E-state index in [0.717, 1.165) is 0 Å². The average Bonchev–Trinajstić information content (AvgIpc) is 2.23. The topological polar surface area (TPSA) is 15.3 Å². The second kappa shape index (κ2) is 7.57. The highest BCUT2D eigenvalue weighted by Crippen LogP contribution is 2.10. The molecular weight excluding hydrogens is 216 g/mol. The zero-order valence-corrected chi connectivity index (χ0v) is 12.0. The van der Waals surface area contributed by atoms with Gasteiger partial charge >= 0.3 is 0 Å². The van der Waals surface area contributed by atoms with Crippen molar-refractivity contribution in [1.82, 2.24) is 10.2 Å². The van der Waals surface area contributed by atoms with Crippen molar-refractivity contribution in [3.8, 4) is 0 Å². The molecule has 1 rings (SSSR count). The largest absolute Gasteiger partial charge is 0.312 e. The van der Waals surface area contributed by atoms with Crippen molar-refractivity contribution in [2.24, 2.45) is 0 Å². The lowest BCUT2D eigenvalue weighted by atomic mass is 10.1. The number of hydrogen-bond acceptors (Lipinski definition) is 3. The molecule has 2 nitrogen and oxygen atoms in total. The van der Waals surface area contributed by atoms with Crippen LogP contribution in [-0.4, -0.2) is 48.1 Å². The molecule has 0 radical (unpaired) electrons. The molecule has 1 N–H and O–H groups in total.